The number of carbonyl (C=O) groups is 3. The first-order chi connectivity index (χ1) is 17.7. The minimum Gasteiger partial charge on any atom is -0.423 e. The monoisotopic (exact) mass is 502 g/mol. The molecule has 2 aromatic carbocycles. The number of nitrogens with zero attached hydrogens (tertiary/aromatic N) is 4. The third-order valence-electron chi connectivity index (χ3n) is 6.69. The predicted octanol–water partition coefficient (Wildman–Crippen LogP) is 3.26. The summed E-state index contributed by atoms with van der Waals surface area (Å²) in [5.41, 5.74) is 0.121. The molecule has 2 aliphatic carbocycles. The van der Waals surface area contributed by atoms with Crippen LogP contribution in [0.1, 0.15) is 17.5 Å². The number of esters is 1. The summed E-state index contributed by atoms with van der Waals surface area (Å²) in [5.74, 6) is -2.64. The van der Waals surface area contributed by atoms with Crippen LogP contribution in [0.3, 0.4) is 0 Å². The average Bonchev–Trinajstić information content (AvgIpc) is 3.56. The maximum Gasteiger partial charge on any atom is 0.336 e. The van der Waals surface area contributed by atoms with Gasteiger partial charge in [-0.3, -0.25) is 29.8 Å². The molecular formula is C25H18N4O8. The van der Waals surface area contributed by atoms with Crippen LogP contribution in [0.2, 0.25) is 0 Å². The highest BCUT2D eigenvalue weighted by Crippen LogP contribution is 2.52. The van der Waals surface area contributed by atoms with Gasteiger partial charge in [0.25, 0.3) is 23.2 Å². The number of rotatable bonds is 7. The van der Waals surface area contributed by atoms with E-state index in [2.05, 4.69) is 5.10 Å². The number of amides is 2. The standard InChI is InChI=1S/C25H18N4O8/c30-21(10-3-14-1-6-18(7-2-14)28(33)34)37-20-9-8-19(29(35)36)12-17(20)13-26-27-24(31)22-15-4-5-16(11-15)23(22)25(27)32/h1-10,12-13,15-16,22-23H,11H2/b10-3+,26-13?/t15-,16-,22-,23+/m0/s1. The molecule has 1 aliphatic heterocycles. The first-order valence-corrected chi connectivity index (χ1v) is 11.3. The quantitative estimate of drug-likeness (QED) is 0.0814. The molecule has 37 heavy (non-hydrogen) atoms. The molecule has 4 atom stereocenters. The number of allylic oxidation sites excluding steroid dienone is 2. The molecule has 0 spiro atoms. The Morgan fingerprint density at radius 1 is 0.946 bits per heavy atom. The summed E-state index contributed by atoms with van der Waals surface area (Å²) >= 11 is 0. The highest BCUT2D eigenvalue weighted by molar-refractivity contribution is 6.07. The fourth-order valence-corrected chi connectivity index (χ4v) is 4.98. The lowest BCUT2D eigenvalue weighted by molar-refractivity contribution is -0.385. The van der Waals surface area contributed by atoms with Crippen molar-refractivity contribution in [3.8, 4) is 5.75 Å². The van der Waals surface area contributed by atoms with Gasteiger partial charge in [-0.1, -0.05) is 12.2 Å². The van der Waals surface area contributed by atoms with Gasteiger partial charge in [0.05, 0.1) is 27.9 Å². The molecule has 0 unspecified atom stereocenters. The Labute approximate surface area is 208 Å². The fraction of sp³-hybridized carbons (Fsp3) is 0.200. The van der Waals surface area contributed by atoms with Crippen molar-refractivity contribution in [1.82, 2.24) is 5.01 Å². The summed E-state index contributed by atoms with van der Waals surface area (Å²) in [6.07, 6.45) is 8.22. The molecule has 0 aromatic heterocycles. The molecule has 2 bridgehead atoms. The zero-order valence-corrected chi connectivity index (χ0v) is 19.0. The SMILES string of the molecule is O=C(/C=C/c1ccc([N+](=O)[O-])cc1)Oc1ccc([N+](=O)[O-])cc1C=NN1C(=O)[C@@H]2[C@H](C1=O)[C@H]1C=C[C@H]2C1. The summed E-state index contributed by atoms with van der Waals surface area (Å²) in [6, 6.07) is 8.94. The molecule has 1 saturated heterocycles. The Morgan fingerprint density at radius 3 is 2.14 bits per heavy atom. The molecule has 0 N–H and O–H groups in total. The van der Waals surface area contributed by atoms with Gasteiger partial charge in [-0.25, -0.2) is 4.79 Å². The molecular weight excluding hydrogens is 484 g/mol. The number of hydrogen-bond acceptors (Lipinski definition) is 9. The van der Waals surface area contributed by atoms with Crippen molar-refractivity contribution in [2.75, 3.05) is 0 Å². The second kappa shape index (κ2) is 9.22. The largest absolute Gasteiger partial charge is 0.423 e. The zero-order chi connectivity index (χ0) is 26.3. The van der Waals surface area contributed by atoms with Crippen molar-refractivity contribution >= 4 is 41.4 Å². The summed E-state index contributed by atoms with van der Waals surface area (Å²) < 4.78 is 5.31. The van der Waals surface area contributed by atoms with Crippen molar-refractivity contribution in [1.29, 1.82) is 0 Å². The molecule has 0 radical (unpaired) electrons. The van der Waals surface area contributed by atoms with E-state index in [1.54, 1.807) is 0 Å². The van der Waals surface area contributed by atoms with Gasteiger partial charge >= 0.3 is 5.97 Å². The van der Waals surface area contributed by atoms with Crippen LogP contribution < -0.4 is 4.74 Å². The lowest BCUT2D eigenvalue weighted by Crippen LogP contribution is -2.28. The highest BCUT2D eigenvalue weighted by atomic mass is 16.6. The number of hydrazone groups is 1. The lowest BCUT2D eigenvalue weighted by atomic mass is 9.85. The molecule has 3 aliphatic rings. The number of non-ortho nitro benzene ring substituents is 2. The van der Waals surface area contributed by atoms with Crippen LogP contribution in [-0.4, -0.2) is 38.9 Å². The van der Waals surface area contributed by atoms with Crippen molar-refractivity contribution in [2.24, 2.45) is 28.8 Å². The topological polar surface area (TPSA) is 162 Å². The Bertz CT molecular complexity index is 1400. The van der Waals surface area contributed by atoms with Gasteiger partial charge in [-0.15, -0.1) is 0 Å². The van der Waals surface area contributed by atoms with E-state index < -0.39 is 39.5 Å². The Morgan fingerprint density at radius 2 is 1.54 bits per heavy atom. The van der Waals surface area contributed by atoms with Crippen molar-refractivity contribution in [3.05, 3.63) is 92.0 Å². The van der Waals surface area contributed by atoms with Gasteiger partial charge in [0.1, 0.15) is 5.75 Å². The minimum absolute atomic E-state index is 0.00326. The minimum atomic E-state index is -0.827. The second-order valence-electron chi connectivity index (χ2n) is 8.82. The van der Waals surface area contributed by atoms with Crippen LogP contribution >= 0.6 is 0 Å². The van der Waals surface area contributed by atoms with Crippen LogP contribution in [0.5, 0.6) is 5.75 Å². The number of hydrogen-bond donors (Lipinski definition) is 0. The molecule has 12 heteroatoms. The van der Waals surface area contributed by atoms with E-state index in [1.165, 1.54) is 36.4 Å². The number of benzene rings is 2. The summed E-state index contributed by atoms with van der Waals surface area (Å²) in [4.78, 5) is 58.9. The Kier molecular flexibility index (Phi) is 5.91. The van der Waals surface area contributed by atoms with Crippen LogP contribution in [0.25, 0.3) is 6.08 Å². The molecule has 1 saturated carbocycles. The van der Waals surface area contributed by atoms with E-state index in [4.69, 9.17) is 4.74 Å². The summed E-state index contributed by atoms with van der Waals surface area (Å²) in [7, 11) is 0. The first kappa shape index (κ1) is 23.7. The van der Waals surface area contributed by atoms with E-state index in [0.717, 1.165) is 35.9 Å². The Balaban J connectivity index is 1.34. The van der Waals surface area contributed by atoms with Gasteiger partial charge in [-0.2, -0.15) is 10.1 Å². The number of fused-ring (bicyclic) bond motifs is 5. The summed E-state index contributed by atoms with van der Waals surface area (Å²) in [5, 5.41) is 26.8. The van der Waals surface area contributed by atoms with Crippen molar-refractivity contribution in [2.45, 2.75) is 6.42 Å². The first-order valence-electron chi connectivity index (χ1n) is 11.3. The number of nitro groups is 2. The van der Waals surface area contributed by atoms with E-state index in [9.17, 15) is 34.6 Å². The molecule has 12 nitrogen and oxygen atoms in total. The van der Waals surface area contributed by atoms with Crippen LogP contribution in [0.4, 0.5) is 11.4 Å². The van der Waals surface area contributed by atoms with E-state index in [0.29, 0.717) is 5.56 Å². The predicted molar refractivity (Wildman–Crippen MR) is 128 cm³/mol. The number of ether oxygens (including phenoxy) is 1. The van der Waals surface area contributed by atoms with Crippen molar-refractivity contribution in [3.63, 3.8) is 0 Å². The average molecular weight is 502 g/mol. The molecule has 1 heterocycles. The molecule has 2 fully saturated rings. The molecule has 2 aromatic rings. The Hall–Kier alpha value is -5.00. The number of imide groups is 1. The maximum absolute atomic E-state index is 12.8. The molecule has 186 valence electrons. The number of carbonyl (C=O) groups excluding carboxylic acids is 3. The molecule has 5 rings (SSSR count). The van der Waals surface area contributed by atoms with Gasteiger partial charge in [0.15, 0.2) is 0 Å². The van der Waals surface area contributed by atoms with E-state index in [-0.39, 0.29) is 34.5 Å². The zero-order valence-electron chi connectivity index (χ0n) is 19.0. The fourth-order valence-electron chi connectivity index (χ4n) is 4.98. The van der Waals surface area contributed by atoms with E-state index in [1.807, 2.05) is 12.2 Å². The highest BCUT2D eigenvalue weighted by Gasteiger charge is 2.59. The maximum atomic E-state index is 12.8. The number of nitro benzene ring substituents is 2. The molecule has 2 amide bonds. The van der Waals surface area contributed by atoms with Crippen LogP contribution in [-0.2, 0) is 14.4 Å². The van der Waals surface area contributed by atoms with Gasteiger partial charge < -0.3 is 4.74 Å². The summed E-state index contributed by atoms with van der Waals surface area (Å²) in [6.45, 7) is 0. The third kappa shape index (κ3) is 4.40. The normalized spacial score (nSPS) is 23.8. The van der Waals surface area contributed by atoms with Crippen LogP contribution in [0.15, 0.2) is 65.8 Å². The van der Waals surface area contributed by atoms with Crippen molar-refractivity contribution < 1.29 is 29.0 Å². The van der Waals surface area contributed by atoms with Gasteiger partial charge in [0, 0.05) is 35.9 Å². The lowest BCUT2D eigenvalue weighted by Gasteiger charge is -2.13. The second-order valence-corrected chi connectivity index (χ2v) is 8.82. The van der Waals surface area contributed by atoms with Gasteiger partial charge in [-0.05, 0) is 48.1 Å². The smallest absolute Gasteiger partial charge is 0.336 e. The third-order valence-corrected chi connectivity index (χ3v) is 6.69. The van der Waals surface area contributed by atoms with Gasteiger partial charge in [0.2, 0.25) is 0 Å². The van der Waals surface area contributed by atoms with Crippen LogP contribution in [0, 0.1) is 43.9 Å². The van der Waals surface area contributed by atoms with E-state index >= 15 is 0 Å².